The number of benzene rings is 1. The van der Waals surface area contributed by atoms with Crippen LogP contribution in [0.1, 0.15) is 5.56 Å². The number of hydrogen-bond donors (Lipinski definition) is 3. The number of fused-ring (bicyclic) bond motifs is 1. The molecule has 7 nitrogen and oxygen atoms in total. The Labute approximate surface area is 141 Å². The average Bonchev–Trinajstić information content (AvgIpc) is 2.93. The summed E-state index contributed by atoms with van der Waals surface area (Å²) in [6.07, 6.45) is 1.56. The maximum atomic E-state index is 12.0. The lowest BCUT2D eigenvalue weighted by molar-refractivity contribution is 0.721. The van der Waals surface area contributed by atoms with Gasteiger partial charge in [-0.05, 0) is 17.7 Å². The lowest BCUT2D eigenvalue weighted by Crippen LogP contribution is -2.15. The summed E-state index contributed by atoms with van der Waals surface area (Å²) in [7, 11) is 0. The van der Waals surface area contributed by atoms with Gasteiger partial charge in [-0.1, -0.05) is 29.3 Å². The summed E-state index contributed by atoms with van der Waals surface area (Å²) in [5.41, 5.74) is 6.94. The Balaban J connectivity index is 1.86. The van der Waals surface area contributed by atoms with Gasteiger partial charge in [-0.3, -0.25) is 9.78 Å². The highest BCUT2D eigenvalue weighted by atomic mass is 35.5. The van der Waals surface area contributed by atoms with E-state index in [1.165, 1.54) is 0 Å². The van der Waals surface area contributed by atoms with Crippen molar-refractivity contribution in [1.82, 2.24) is 19.5 Å². The number of halogens is 2. The first-order chi connectivity index (χ1) is 11.1. The van der Waals surface area contributed by atoms with Gasteiger partial charge in [0.1, 0.15) is 0 Å². The van der Waals surface area contributed by atoms with Gasteiger partial charge in [0.15, 0.2) is 11.2 Å². The first kappa shape index (κ1) is 15.8. The third kappa shape index (κ3) is 3.31. The van der Waals surface area contributed by atoms with Crippen molar-refractivity contribution in [2.45, 2.75) is 13.1 Å². The average molecular weight is 353 g/mol. The first-order valence-electron chi connectivity index (χ1n) is 6.91. The molecule has 0 aliphatic rings. The van der Waals surface area contributed by atoms with Gasteiger partial charge in [-0.2, -0.15) is 4.98 Å². The van der Waals surface area contributed by atoms with Crippen molar-refractivity contribution in [1.29, 1.82) is 0 Å². The number of rotatable bonds is 5. The van der Waals surface area contributed by atoms with Crippen LogP contribution in [-0.2, 0) is 13.1 Å². The highest BCUT2D eigenvalue weighted by Gasteiger charge is 2.10. The van der Waals surface area contributed by atoms with Crippen LogP contribution in [0.5, 0.6) is 0 Å². The minimum atomic E-state index is -0.303. The van der Waals surface area contributed by atoms with Crippen LogP contribution in [0.15, 0.2) is 29.3 Å². The Morgan fingerprint density at radius 1 is 1.30 bits per heavy atom. The van der Waals surface area contributed by atoms with Gasteiger partial charge in [0.05, 0.1) is 16.4 Å². The van der Waals surface area contributed by atoms with Gasteiger partial charge in [0, 0.05) is 19.6 Å². The van der Waals surface area contributed by atoms with Crippen molar-refractivity contribution >= 4 is 40.3 Å². The normalized spacial score (nSPS) is 11.1. The zero-order chi connectivity index (χ0) is 16.4. The fourth-order valence-electron chi connectivity index (χ4n) is 2.18. The van der Waals surface area contributed by atoms with E-state index in [1.807, 2.05) is 6.07 Å². The summed E-state index contributed by atoms with van der Waals surface area (Å²) in [6, 6.07) is 5.32. The van der Waals surface area contributed by atoms with Crippen molar-refractivity contribution in [3.8, 4) is 0 Å². The molecule has 2 aromatic heterocycles. The van der Waals surface area contributed by atoms with Gasteiger partial charge >= 0.3 is 0 Å². The Morgan fingerprint density at radius 3 is 2.87 bits per heavy atom. The summed E-state index contributed by atoms with van der Waals surface area (Å²) in [6.45, 7) is 1.42. The Bertz CT molecular complexity index is 904. The number of aromatic nitrogens is 4. The summed E-state index contributed by atoms with van der Waals surface area (Å²) >= 11 is 11.9. The molecule has 0 saturated heterocycles. The SMILES string of the molecule is NCCn1cnc2c(=O)[nH]c(NCc3ccc(Cl)c(Cl)c3)nc21. The summed E-state index contributed by atoms with van der Waals surface area (Å²) in [5.74, 6) is 0.354. The first-order valence-corrected chi connectivity index (χ1v) is 7.67. The van der Waals surface area contributed by atoms with Crippen LogP contribution in [0.25, 0.3) is 11.2 Å². The summed E-state index contributed by atoms with van der Waals surface area (Å²) < 4.78 is 1.74. The van der Waals surface area contributed by atoms with Gasteiger partial charge < -0.3 is 15.6 Å². The molecule has 0 saturated carbocycles. The second-order valence-electron chi connectivity index (χ2n) is 4.92. The van der Waals surface area contributed by atoms with E-state index in [9.17, 15) is 4.79 Å². The molecular weight excluding hydrogens is 339 g/mol. The molecule has 0 unspecified atom stereocenters. The number of nitrogens with zero attached hydrogens (tertiary/aromatic N) is 3. The van der Waals surface area contributed by atoms with Gasteiger partial charge in [0.25, 0.3) is 5.56 Å². The molecule has 3 rings (SSSR count). The van der Waals surface area contributed by atoms with Crippen LogP contribution in [0.2, 0.25) is 10.0 Å². The van der Waals surface area contributed by atoms with Crippen molar-refractivity contribution in [2.24, 2.45) is 5.73 Å². The molecular formula is C14H14Cl2N6O. The molecule has 23 heavy (non-hydrogen) atoms. The lowest BCUT2D eigenvalue weighted by atomic mass is 10.2. The van der Waals surface area contributed by atoms with Gasteiger partial charge in [-0.15, -0.1) is 0 Å². The van der Waals surface area contributed by atoms with Crippen LogP contribution in [0.4, 0.5) is 5.95 Å². The standard InChI is InChI=1S/C14H14Cl2N6O/c15-9-2-1-8(5-10(9)16)6-18-14-20-12-11(13(23)21-14)19-7-22(12)4-3-17/h1-2,5,7H,3-4,6,17H2,(H2,18,20,21,23). The van der Waals surface area contributed by atoms with Crippen LogP contribution >= 0.6 is 23.2 Å². The topological polar surface area (TPSA) is 102 Å². The molecule has 0 fully saturated rings. The van der Waals surface area contributed by atoms with Gasteiger partial charge in [-0.25, -0.2) is 4.98 Å². The fourth-order valence-corrected chi connectivity index (χ4v) is 2.50. The molecule has 9 heteroatoms. The Kier molecular flexibility index (Phi) is 4.51. The summed E-state index contributed by atoms with van der Waals surface area (Å²) in [5, 5.41) is 4.03. The van der Waals surface area contributed by atoms with Crippen LogP contribution in [0.3, 0.4) is 0 Å². The van der Waals surface area contributed by atoms with Crippen LogP contribution in [-0.4, -0.2) is 26.1 Å². The Morgan fingerprint density at radius 2 is 2.13 bits per heavy atom. The zero-order valence-corrected chi connectivity index (χ0v) is 13.5. The second kappa shape index (κ2) is 6.57. The highest BCUT2D eigenvalue weighted by Crippen LogP contribution is 2.22. The van der Waals surface area contributed by atoms with Crippen LogP contribution in [0, 0.1) is 0 Å². The van der Waals surface area contributed by atoms with E-state index in [-0.39, 0.29) is 5.56 Å². The quantitative estimate of drug-likeness (QED) is 0.651. The number of aromatic amines is 1. The minimum Gasteiger partial charge on any atom is -0.352 e. The van der Waals surface area contributed by atoms with Crippen molar-refractivity contribution in [3.63, 3.8) is 0 Å². The minimum absolute atomic E-state index is 0.290. The summed E-state index contributed by atoms with van der Waals surface area (Å²) in [4.78, 5) is 23.2. The Hall–Kier alpha value is -2.09. The van der Waals surface area contributed by atoms with Gasteiger partial charge in [0.2, 0.25) is 5.95 Å². The zero-order valence-electron chi connectivity index (χ0n) is 12.0. The molecule has 0 atom stereocenters. The molecule has 0 aliphatic heterocycles. The molecule has 0 amide bonds. The maximum Gasteiger partial charge on any atom is 0.280 e. The largest absolute Gasteiger partial charge is 0.352 e. The molecule has 120 valence electrons. The van der Waals surface area contributed by atoms with Crippen molar-refractivity contribution in [3.05, 3.63) is 50.5 Å². The number of imidazole rings is 1. The third-order valence-electron chi connectivity index (χ3n) is 3.29. The monoisotopic (exact) mass is 352 g/mol. The third-order valence-corrected chi connectivity index (χ3v) is 4.03. The molecule has 0 spiro atoms. The molecule has 4 N–H and O–H groups in total. The number of anilines is 1. The van der Waals surface area contributed by atoms with E-state index < -0.39 is 0 Å². The predicted molar refractivity (Wildman–Crippen MR) is 91.0 cm³/mol. The fraction of sp³-hybridized carbons (Fsp3) is 0.214. The maximum absolute atomic E-state index is 12.0. The van der Waals surface area contributed by atoms with E-state index in [0.29, 0.717) is 46.8 Å². The molecule has 1 aromatic carbocycles. The number of H-pyrrole nitrogens is 1. The highest BCUT2D eigenvalue weighted by molar-refractivity contribution is 6.42. The smallest absolute Gasteiger partial charge is 0.280 e. The van der Waals surface area contributed by atoms with E-state index >= 15 is 0 Å². The number of hydrogen-bond acceptors (Lipinski definition) is 5. The van der Waals surface area contributed by atoms with E-state index in [0.717, 1.165) is 5.56 Å². The van der Waals surface area contributed by atoms with E-state index in [2.05, 4.69) is 20.3 Å². The molecule has 3 aromatic rings. The number of nitrogens with one attached hydrogen (secondary N) is 2. The lowest BCUT2D eigenvalue weighted by Gasteiger charge is -2.07. The number of nitrogens with two attached hydrogens (primary N) is 1. The van der Waals surface area contributed by atoms with Crippen molar-refractivity contribution in [2.75, 3.05) is 11.9 Å². The molecule has 0 radical (unpaired) electrons. The van der Waals surface area contributed by atoms with E-state index in [1.54, 1.807) is 23.0 Å². The molecule has 2 heterocycles. The second-order valence-corrected chi connectivity index (χ2v) is 5.73. The molecule has 0 aliphatic carbocycles. The predicted octanol–water partition coefficient (Wildman–Crippen LogP) is 2.00. The van der Waals surface area contributed by atoms with Crippen LogP contribution < -0.4 is 16.6 Å². The van der Waals surface area contributed by atoms with Crippen molar-refractivity contribution < 1.29 is 0 Å². The van der Waals surface area contributed by atoms with E-state index in [4.69, 9.17) is 28.9 Å². The molecule has 0 bridgehead atoms.